The number of carbonyl (C=O) groups excluding carboxylic acids is 4. The van der Waals surface area contributed by atoms with Gasteiger partial charge in [0.15, 0.2) is 6.61 Å². The molecule has 0 spiro atoms. The number of hydrogen-bond acceptors (Lipinski definition) is 7. The Labute approximate surface area is 245 Å². The van der Waals surface area contributed by atoms with E-state index in [4.69, 9.17) is 21.3 Å². The predicted octanol–water partition coefficient (Wildman–Crippen LogP) is 6.67. The van der Waals surface area contributed by atoms with Gasteiger partial charge in [0.2, 0.25) is 17.6 Å². The Balaban J connectivity index is 1.33. The van der Waals surface area contributed by atoms with Crippen molar-refractivity contribution in [2.45, 2.75) is 20.3 Å². The highest BCUT2D eigenvalue weighted by Gasteiger charge is 2.50. The summed E-state index contributed by atoms with van der Waals surface area (Å²) in [7, 11) is 0. The summed E-state index contributed by atoms with van der Waals surface area (Å²) in [6, 6.07) is 15.4. The van der Waals surface area contributed by atoms with Crippen LogP contribution in [0.15, 0.2) is 72.1 Å². The molecule has 4 aromatic rings. The number of allylic oxidation sites excluding steroid dienone is 2. The minimum atomic E-state index is -0.652. The number of carbonyl (C=O) groups is 4. The minimum absolute atomic E-state index is 0.00474. The van der Waals surface area contributed by atoms with E-state index in [1.54, 1.807) is 60.0 Å². The van der Waals surface area contributed by atoms with Crippen LogP contribution in [-0.2, 0) is 14.3 Å². The van der Waals surface area contributed by atoms with E-state index >= 15 is 0 Å². The second-order valence-corrected chi connectivity index (χ2v) is 11.7. The summed E-state index contributed by atoms with van der Waals surface area (Å²) in [6.45, 7) is 3.40. The number of hydrogen-bond donors (Lipinski definition) is 0. The Bertz CT molecular complexity index is 1750. The van der Waals surface area contributed by atoms with Crippen molar-refractivity contribution in [3.05, 3.63) is 93.2 Å². The molecule has 1 aliphatic heterocycles. The van der Waals surface area contributed by atoms with Gasteiger partial charge in [-0.2, -0.15) is 0 Å². The molecule has 0 N–H and O–H groups in total. The number of pyridine rings is 1. The maximum absolute atomic E-state index is 13.2. The number of imide groups is 1. The Hall–Kier alpha value is -4.14. The van der Waals surface area contributed by atoms with Crippen LogP contribution in [0.2, 0.25) is 5.02 Å². The van der Waals surface area contributed by atoms with Crippen molar-refractivity contribution >= 4 is 63.1 Å². The molecule has 3 heterocycles. The van der Waals surface area contributed by atoms with Crippen molar-refractivity contribution in [3.63, 3.8) is 0 Å². The van der Waals surface area contributed by atoms with Gasteiger partial charge in [-0.25, -0.2) is 9.78 Å². The van der Waals surface area contributed by atoms with Crippen molar-refractivity contribution in [3.8, 4) is 11.3 Å². The second-order valence-electron chi connectivity index (χ2n) is 10.3. The van der Waals surface area contributed by atoms with E-state index in [-0.39, 0.29) is 47.5 Å². The van der Waals surface area contributed by atoms with Crippen LogP contribution in [0.5, 0.6) is 0 Å². The van der Waals surface area contributed by atoms with Gasteiger partial charge in [0.1, 0.15) is 0 Å². The van der Waals surface area contributed by atoms with Crippen LogP contribution in [0.1, 0.15) is 38.9 Å². The number of nitrogens with zero attached hydrogens (tertiary/aromatic N) is 2. The first-order chi connectivity index (χ1) is 19.7. The number of anilines is 1. The summed E-state index contributed by atoms with van der Waals surface area (Å²) < 4.78 is 5.42. The van der Waals surface area contributed by atoms with Crippen molar-refractivity contribution in [2.24, 2.45) is 17.8 Å². The number of Topliss-reactive ketones (excluding diaryl/α,β-unsaturated/α-hetero) is 1. The van der Waals surface area contributed by atoms with Crippen LogP contribution >= 0.6 is 22.9 Å². The van der Waals surface area contributed by atoms with Gasteiger partial charge in [-0.05, 0) is 60.5 Å². The minimum Gasteiger partial charge on any atom is -0.454 e. The normalized spacial score (nSPS) is 20.0. The third-order valence-electron chi connectivity index (χ3n) is 7.81. The molecule has 3 unspecified atom stereocenters. The number of thiophene rings is 1. The summed E-state index contributed by atoms with van der Waals surface area (Å²) in [5.74, 6) is -1.97. The van der Waals surface area contributed by atoms with E-state index in [1.807, 2.05) is 26.0 Å². The molecule has 0 bridgehead atoms. The van der Waals surface area contributed by atoms with Gasteiger partial charge < -0.3 is 4.74 Å². The summed E-state index contributed by atoms with van der Waals surface area (Å²) in [4.78, 5) is 58.6. The molecule has 3 atom stereocenters. The zero-order valence-corrected chi connectivity index (χ0v) is 23.9. The summed E-state index contributed by atoms with van der Waals surface area (Å²) in [5, 5.41) is 2.84. The molecule has 1 aliphatic carbocycles. The maximum atomic E-state index is 13.2. The van der Waals surface area contributed by atoms with E-state index in [0.717, 1.165) is 0 Å². The van der Waals surface area contributed by atoms with Crippen LogP contribution in [0.25, 0.3) is 22.2 Å². The number of aromatic nitrogens is 1. The van der Waals surface area contributed by atoms with Gasteiger partial charge in [-0.3, -0.25) is 19.3 Å². The number of rotatable bonds is 6. The fourth-order valence-corrected chi connectivity index (χ4v) is 6.43. The molecule has 7 nitrogen and oxygen atoms in total. The third kappa shape index (κ3) is 4.77. The fraction of sp³-hybridized carbons (Fsp3) is 0.219. The highest BCUT2D eigenvalue weighted by molar-refractivity contribution is 7.12. The lowest BCUT2D eigenvalue weighted by atomic mass is 9.78. The standard InChI is InChI=1S/C32H25ClN2O5S/c1-17-5-3-6-22-28(17)31(38)35(30(22)37)20-10-8-19(9-11-20)25-15-23(21-12-13-24(33)18(2)29(21)34-25)32(39)40-16-26(36)27-7-4-14-41-27/h3-5,7-15,17,22,28H,6,16H2,1-2H3. The lowest BCUT2D eigenvalue weighted by molar-refractivity contribution is -0.122. The quantitative estimate of drug-likeness (QED) is 0.109. The largest absolute Gasteiger partial charge is 0.454 e. The van der Waals surface area contributed by atoms with Gasteiger partial charge in [-0.1, -0.05) is 54.9 Å². The van der Waals surface area contributed by atoms with Crippen LogP contribution in [0.4, 0.5) is 5.69 Å². The number of ketones is 1. The summed E-state index contributed by atoms with van der Waals surface area (Å²) in [5.41, 5.74) is 3.14. The smallest absolute Gasteiger partial charge is 0.339 e. The monoisotopic (exact) mass is 584 g/mol. The SMILES string of the molecule is Cc1c(Cl)ccc2c(C(=O)OCC(=O)c3cccs3)cc(-c3ccc(N4C(=O)C5CC=CC(C)C5C4=O)cc3)nc12. The number of esters is 1. The first kappa shape index (κ1) is 27.1. The van der Waals surface area contributed by atoms with E-state index in [9.17, 15) is 19.2 Å². The lowest BCUT2D eigenvalue weighted by Gasteiger charge is -2.22. The zero-order chi connectivity index (χ0) is 28.8. The van der Waals surface area contributed by atoms with E-state index in [2.05, 4.69) is 0 Å². The van der Waals surface area contributed by atoms with Crippen LogP contribution in [-0.4, -0.2) is 35.2 Å². The molecule has 2 amide bonds. The molecule has 6 rings (SSSR count). The average Bonchev–Trinajstić information content (AvgIpc) is 3.61. The molecule has 2 aliphatic rings. The van der Waals surface area contributed by atoms with Gasteiger partial charge in [0, 0.05) is 16.0 Å². The van der Waals surface area contributed by atoms with Crippen molar-refractivity contribution < 1.29 is 23.9 Å². The molecular weight excluding hydrogens is 560 g/mol. The van der Waals surface area contributed by atoms with E-state index in [0.29, 0.717) is 49.7 Å². The summed E-state index contributed by atoms with van der Waals surface area (Å²) >= 11 is 7.67. The number of fused-ring (bicyclic) bond motifs is 2. The number of ether oxygens (including phenoxy) is 1. The maximum Gasteiger partial charge on any atom is 0.339 e. The van der Waals surface area contributed by atoms with Crippen molar-refractivity contribution in [2.75, 3.05) is 11.5 Å². The topological polar surface area (TPSA) is 93.6 Å². The Morgan fingerprint density at radius 2 is 1.88 bits per heavy atom. The highest BCUT2D eigenvalue weighted by atomic mass is 35.5. The first-order valence-electron chi connectivity index (χ1n) is 13.2. The lowest BCUT2D eigenvalue weighted by Crippen LogP contribution is -2.31. The molecule has 9 heteroatoms. The molecular formula is C32H25ClN2O5S. The molecule has 41 heavy (non-hydrogen) atoms. The van der Waals surface area contributed by atoms with Gasteiger partial charge in [0.25, 0.3) is 0 Å². The first-order valence-corrected chi connectivity index (χ1v) is 14.5. The third-order valence-corrected chi connectivity index (χ3v) is 9.13. The summed E-state index contributed by atoms with van der Waals surface area (Å²) in [6.07, 6.45) is 4.54. The highest BCUT2D eigenvalue weighted by Crippen LogP contribution is 2.41. The van der Waals surface area contributed by atoms with Gasteiger partial charge in [0.05, 0.1) is 39.2 Å². The number of benzene rings is 2. The molecule has 1 fully saturated rings. The Morgan fingerprint density at radius 1 is 1.10 bits per heavy atom. The molecule has 1 saturated heterocycles. The molecule has 0 radical (unpaired) electrons. The van der Waals surface area contributed by atoms with E-state index in [1.165, 1.54) is 16.2 Å². The molecule has 206 valence electrons. The van der Waals surface area contributed by atoms with E-state index < -0.39 is 5.97 Å². The van der Waals surface area contributed by atoms with Crippen LogP contribution in [0.3, 0.4) is 0 Å². The molecule has 0 saturated carbocycles. The number of aryl methyl sites for hydroxylation is 1. The van der Waals surface area contributed by atoms with Crippen LogP contribution < -0.4 is 4.90 Å². The predicted molar refractivity (Wildman–Crippen MR) is 158 cm³/mol. The van der Waals surface area contributed by atoms with Crippen molar-refractivity contribution in [1.29, 1.82) is 0 Å². The Kier molecular flexibility index (Phi) is 7.05. The molecule has 2 aromatic heterocycles. The van der Waals surface area contributed by atoms with Crippen LogP contribution in [0, 0.1) is 24.7 Å². The Morgan fingerprint density at radius 3 is 2.59 bits per heavy atom. The average molecular weight is 585 g/mol. The fourth-order valence-electron chi connectivity index (χ4n) is 5.62. The van der Waals surface area contributed by atoms with Crippen molar-refractivity contribution in [1.82, 2.24) is 4.98 Å². The molecule has 2 aromatic carbocycles. The number of amides is 2. The van der Waals surface area contributed by atoms with Gasteiger partial charge in [-0.15, -0.1) is 11.3 Å². The zero-order valence-electron chi connectivity index (χ0n) is 22.3. The number of halogens is 1. The van der Waals surface area contributed by atoms with Gasteiger partial charge >= 0.3 is 5.97 Å². The second kappa shape index (κ2) is 10.7.